The monoisotopic (exact) mass is 338 g/mol. The first kappa shape index (κ1) is 17.0. The van der Waals surface area contributed by atoms with Crippen molar-refractivity contribution in [2.24, 2.45) is 0 Å². The lowest BCUT2D eigenvalue weighted by atomic mass is 9.97. The highest BCUT2D eigenvalue weighted by Crippen LogP contribution is 2.19. The predicted molar refractivity (Wildman–Crippen MR) is 92.7 cm³/mol. The largest absolute Gasteiger partial charge is 0.292 e. The van der Waals surface area contributed by atoms with Crippen LogP contribution in [-0.4, -0.2) is 26.0 Å². The zero-order chi connectivity index (χ0) is 17.8. The zero-order valence-corrected chi connectivity index (χ0v) is 14.2. The van der Waals surface area contributed by atoms with Gasteiger partial charge >= 0.3 is 0 Å². The number of Topliss-reactive ketones (excluding diaryl/α,β-unsaturated/α-hetero) is 1. The first-order valence-electron chi connectivity index (χ1n) is 8.23. The molecule has 0 aliphatic carbocycles. The van der Waals surface area contributed by atoms with Gasteiger partial charge in [0.15, 0.2) is 5.78 Å². The van der Waals surface area contributed by atoms with Crippen LogP contribution in [0.3, 0.4) is 0 Å². The first-order chi connectivity index (χ1) is 12.1. The van der Waals surface area contributed by atoms with E-state index in [1.807, 2.05) is 24.3 Å². The molecule has 0 aliphatic heterocycles. The number of halogens is 1. The summed E-state index contributed by atoms with van der Waals surface area (Å²) in [6, 6.07) is 13.6. The van der Waals surface area contributed by atoms with Crippen molar-refractivity contribution < 1.29 is 9.18 Å². The van der Waals surface area contributed by atoms with Gasteiger partial charge in [0.2, 0.25) is 5.82 Å². The van der Waals surface area contributed by atoms with Gasteiger partial charge in [-0.05, 0) is 35.2 Å². The summed E-state index contributed by atoms with van der Waals surface area (Å²) in [4.78, 5) is 13.6. The SMILES string of the molecule is CC[C@@H](C)c1ccc(C(=O)Cn2nnc(-c3cccc(F)c3)n2)cc1. The van der Waals surface area contributed by atoms with E-state index in [0.717, 1.165) is 6.42 Å². The van der Waals surface area contributed by atoms with Gasteiger partial charge in [-0.2, -0.15) is 4.80 Å². The van der Waals surface area contributed by atoms with Crippen LogP contribution in [0.2, 0.25) is 0 Å². The van der Waals surface area contributed by atoms with E-state index in [2.05, 4.69) is 29.3 Å². The number of carbonyl (C=O) groups is 1. The summed E-state index contributed by atoms with van der Waals surface area (Å²) < 4.78 is 13.3. The van der Waals surface area contributed by atoms with Crippen molar-refractivity contribution in [3.8, 4) is 11.4 Å². The molecular formula is C19H19FN4O. The fraction of sp³-hybridized carbons (Fsp3) is 0.263. The highest BCUT2D eigenvalue weighted by molar-refractivity contribution is 5.95. The van der Waals surface area contributed by atoms with E-state index in [4.69, 9.17) is 0 Å². The van der Waals surface area contributed by atoms with E-state index in [9.17, 15) is 9.18 Å². The van der Waals surface area contributed by atoms with Crippen molar-refractivity contribution in [3.05, 3.63) is 65.5 Å². The van der Waals surface area contributed by atoms with E-state index < -0.39 is 0 Å². The molecule has 0 N–H and O–H groups in total. The molecule has 25 heavy (non-hydrogen) atoms. The maximum Gasteiger partial charge on any atom is 0.205 e. The second-order valence-corrected chi connectivity index (χ2v) is 6.01. The number of hydrogen-bond acceptors (Lipinski definition) is 4. The third-order valence-electron chi connectivity index (χ3n) is 4.23. The van der Waals surface area contributed by atoms with Crippen LogP contribution in [0, 0.1) is 5.82 Å². The van der Waals surface area contributed by atoms with Crippen molar-refractivity contribution >= 4 is 5.78 Å². The van der Waals surface area contributed by atoms with Crippen LogP contribution in [0.25, 0.3) is 11.4 Å². The van der Waals surface area contributed by atoms with Crippen LogP contribution >= 0.6 is 0 Å². The minimum Gasteiger partial charge on any atom is -0.292 e. The Balaban J connectivity index is 1.71. The Kier molecular flexibility index (Phi) is 4.97. The van der Waals surface area contributed by atoms with E-state index in [-0.39, 0.29) is 18.1 Å². The summed E-state index contributed by atoms with van der Waals surface area (Å²) in [5.41, 5.74) is 2.35. The Labute approximate surface area is 145 Å². The summed E-state index contributed by atoms with van der Waals surface area (Å²) in [6.45, 7) is 4.28. The maximum atomic E-state index is 13.3. The van der Waals surface area contributed by atoms with Crippen molar-refractivity contribution in [2.45, 2.75) is 32.7 Å². The van der Waals surface area contributed by atoms with Crippen LogP contribution < -0.4 is 0 Å². The molecule has 0 amide bonds. The molecule has 6 heteroatoms. The van der Waals surface area contributed by atoms with Crippen molar-refractivity contribution in [3.63, 3.8) is 0 Å². The molecule has 0 spiro atoms. The van der Waals surface area contributed by atoms with Crippen LogP contribution in [0.4, 0.5) is 4.39 Å². The lowest BCUT2D eigenvalue weighted by molar-refractivity contribution is 0.0961. The fourth-order valence-electron chi connectivity index (χ4n) is 2.51. The van der Waals surface area contributed by atoms with Crippen molar-refractivity contribution in [1.82, 2.24) is 20.2 Å². The molecule has 0 radical (unpaired) electrons. The van der Waals surface area contributed by atoms with Gasteiger partial charge < -0.3 is 0 Å². The Morgan fingerprint density at radius 1 is 1.20 bits per heavy atom. The highest BCUT2D eigenvalue weighted by Gasteiger charge is 2.12. The molecule has 0 unspecified atom stereocenters. The zero-order valence-electron chi connectivity index (χ0n) is 14.2. The Morgan fingerprint density at radius 2 is 1.96 bits per heavy atom. The molecule has 1 heterocycles. The lowest BCUT2D eigenvalue weighted by Gasteiger charge is -2.09. The molecule has 3 rings (SSSR count). The minimum atomic E-state index is -0.369. The Bertz CT molecular complexity index is 873. The van der Waals surface area contributed by atoms with E-state index in [1.54, 1.807) is 12.1 Å². The molecule has 1 atom stereocenters. The van der Waals surface area contributed by atoms with Gasteiger partial charge in [-0.25, -0.2) is 4.39 Å². The summed E-state index contributed by atoms with van der Waals surface area (Å²) in [5, 5.41) is 11.9. The maximum absolute atomic E-state index is 13.3. The third kappa shape index (κ3) is 3.96. The highest BCUT2D eigenvalue weighted by atomic mass is 19.1. The lowest BCUT2D eigenvalue weighted by Crippen LogP contribution is -2.13. The number of hydrogen-bond donors (Lipinski definition) is 0. The van der Waals surface area contributed by atoms with Crippen LogP contribution in [-0.2, 0) is 6.54 Å². The molecule has 3 aromatic rings. The number of aromatic nitrogens is 4. The second kappa shape index (κ2) is 7.34. The van der Waals surface area contributed by atoms with Gasteiger partial charge in [0, 0.05) is 11.1 Å². The number of rotatable bonds is 6. The van der Waals surface area contributed by atoms with Crippen LogP contribution in [0.15, 0.2) is 48.5 Å². The number of ketones is 1. The Morgan fingerprint density at radius 3 is 2.64 bits per heavy atom. The summed E-state index contributed by atoms with van der Waals surface area (Å²) in [5.74, 6) is 0.291. The third-order valence-corrected chi connectivity index (χ3v) is 4.23. The topological polar surface area (TPSA) is 60.7 Å². The molecule has 5 nitrogen and oxygen atoms in total. The molecule has 0 aliphatic rings. The standard InChI is InChI=1S/C19H19FN4O/c1-3-13(2)14-7-9-15(10-8-14)18(25)12-24-22-19(21-23-24)16-5-4-6-17(20)11-16/h4-11,13H,3,12H2,1-2H3/t13-/m1/s1. The average molecular weight is 338 g/mol. The van der Waals surface area contributed by atoms with Gasteiger partial charge in [-0.1, -0.05) is 50.2 Å². The number of benzene rings is 2. The van der Waals surface area contributed by atoms with Gasteiger partial charge in [0.25, 0.3) is 0 Å². The molecule has 2 aromatic carbocycles. The van der Waals surface area contributed by atoms with E-state index >= 15 is 0 Å². The fourth-order valence-corrected chi connectivity index (χ4v) is 2.51. The van der Waals surface area contributed by atoms with Crippen LogP contribution in [0.5, 0.6) is 0 Å². The van der Waals surface area contributed by atoms with E-state index in [1.165, 1.54) is 22.5 Å². The molecule has 0 fully saturated rings. The minimum absolute atomic E-state index is 0.00893. The quantitative estimate of drug-likeness (QED) is 0.640. The molecule has 0 saturated carbocycles. The summed E-state index contributed by atoms with van der Waals surface area (Å²) in [7, 11) is 0. The molecule has 0 saturated heterocycles. The summed E-state index contributed by atoms with van der Waals surface area (Å²) in [6.07, 6.45) is 1.05. The van der Waals surface area contributed by atoms with E-state index in [0.29, 0.717) is 22.9 Å². The van der Waals surface area contributed by atoms with Crippen molar-refractivity contribution in [2.75, 3.05) is 0 Å². The smallest absolute Gasteiger partial charge is 0.205 e. The number of carbonyl (C=O) groups excluding carboxylic acids is 1. The molecule has 0 bridgehead atoms. The second-order valence-electron chi connectivity index (χ2n) is 6.01. The van der Waals surface area contributed by atoms with Gasteiger partial charge in [-0.15, -0.1) is 10.2 Å². The van der Waals surface area contributed by atoms with Gasteiger partial charge in [0.05, 0.1) is 0 Å². The average Bonchev–Trinajstić information content (AvgIpc) is 3.09. The van der Waals surface area contributed by atoms with Crippen LogP contribution in [0.1, 0.15) is 42.1 Å². The van der Waals surface area contributed by atoms with Gasteiger partial charge in [0.1, 0.15) is 12.4 Å². The first-order valence-corrected chi connectivity index (χ1v) is 8.23. The van der Waals surface area contributed by atoms with Gasteiger partial charge in [-0.3, -0.25) is 4.79 Å². The number of nitrogens with zero attached hydrogens (tertiary/aromatic N) is 4. The molecular weight excluding hydrogens is 319 g/mol. The molecule has 128 valence electrons. The normalized spacial score (nSPS) is 12.1. The van der Waals surface area contributed by atoms with Crippen molar-refractivity contribution in [1.29, 1.82) is 0 Å². The number of tetrazole rings is 1. The predicted octanol–water partition coefficient (Wildman–Crippen LogP) is 3.88. The summed E-state index contributed by atoms with van der Waals surface area (Å²) >= 11 is 0. The Hall–Kier alpha value is -2.89. The molecule has 1 aromatic heterocycles.